The number of amides is 4. The first-order valence-corrected chi connectivity index (χ1v) is 22.5. The predicted molar refractivity (Wildman–Crippen MR) is 210 cm³/mol. The summed E-state index contributed by atoms with van der Waals surface area (Å²) in [7, 11) is -4.21. The third-order valence-corrected chi connectivity index (χ3v) is 15.5. The second-order valence-corrected chi connectivity index (χ2v) is 21.0. The molecular formula is C40H51ClF2N6O9S. The van der Waals surface area contributed by atoms with E-state index in [-0.39, 0.29) is 54.5 Å². The van der Waals surface area contributed by atoms with Gasteiger partial charge in [-0.1, -0.05) is 52.1 Å². The summed E-state index contributed by atoms with van der Waals surface area (Å²) in [6, 6.07) is 1.96. The van der Waals surface area contributed by atoms with Crippen LogP contribution in [-0.2, 0) is 35.7 Å². The number of nitrogens with one attached hydrogen (secondary N) is 3. The van der Waals surface area contributed by atoms with Crippen LogP contribution in [0.25, 0.3) is 10.9 Å². The van der Waals surface area contributed by atoms with Crippen molar-refractivity contribution >= 4 is 56.3 Å². The van der Waals surface area contributed by atoms with Crippen molar-refractivity contribution in [3.63, 3.8) is 0 Å². The number of alkyl halides is 2. The topological polar surface area (TPSA) is 195 Å². The van der Waals surface area contributed by atoms with Crippen LogP contribution in [0, 0.1) is 35.0 Å². The highest BCUT2D eigenvalue weighted by molar-refractivity contribution is 7.91. The maximum absolute atomic E-state index is 14.7. The normalized spacial score (nSPS) is 34.6. The lowest BCUT2D eigenvalue weighted by Crippen LogP contribution is -2.60. The smallest absolute Gasteiger partial charge is 0.408 e. The Morgan fingerprint density at radius 3 is 2.47 bits per heavy atom. The highest BCUT2D eigenvalue weighted by atomic mass is 35.5. The second-order valence-electron chi connectivity index (χ2n) is 18.6. The molecule has 19 heteroatoms. The van der Waals surface area contributed by atoms with Gasteiger partial charge in [0.05, 0.1) is 28.6 Å². The number of aromatic nitrogens is 2. The Kier molecular flexibility index (Phi) is 10.7. The summed E-state index contributed by atoms with van der Waals surface area (Å²) in [6.07, 6.45) is -0.795. The van der Waals surface area contributed by atoms with Gasteiger partial charge in [-0.05, 0) is 85.8 Å². The van der Waals surface area contributed by atoms with E-state index in [9.17, 15) is 41.2 Å². The van der Waals surface area contributed by atoms with Crippen LogP contribution >= 0.6 is 11.6 Å². The van der Waals surface area contributed by atoms with E-state index in [0.29, 0.717) is 35.1 Å². The summed E-state index contributed by atoms with van der Waals surface area (Å²) in [4.78, 5) is 76.1. The molecule has 3 heterocycles. The SMILES string of the molecule is CC1CC1S(=O)(=O)NC(=O)[C@@]1(NC(=O)[C@@H]2C[C@@H]3CN2C(=O)[C@H](C(C)(C)C)NC(=O)O[C@@H]2C[C@@H]4CC4[C@H]2CCCCCn2c(nc4cc(Cl)ccc4c2=O)O3)CC1C(F)F. The average Bonchev–Trinajstić information content (AvgIpc) is 4.10. The van der Waals surface area contributed by atoms with Gasteiger partial charge in [0.1, 0.15) is 29.8 Å². The molecule has 2 bridgehead atoms. The van der Waals surface area contributed by atoms with Gasteiger partial charge in [0.15, 0.2) is 0 Å². The number of halogens is 3. The summed E-state index contributed by atoms with van der Waals surface area (Å²) in [5.74, 6) is -3.81. The number of nitrogens with zero attached hydrogens (tertiary/aromatic N) is 3. The molecule has 5 fully saturated rings. The van der Waals surface area contributed by atoms with Gasteiger partial charge in [-0.25, -0.2) is 22.0 Å². The first-order valence-electron chi connectivity index (χ1n) is 20.6. The lowest BCUT2D eigenvalue weighted by atomic mass is 9.85. The van der Waals surface area contributed by atoms with Crippen LogP contribution in [0.4, 0.5) is 13.6 Å². The molecule has 8 rings (SSSR count). The van der Waals surface area contributed by atoms with Crippen molar-refractivity contribution in [2.75, 3.05) is 6.54 Å². The standard InChI is InChI=1S/C40H51ClF2N6O9S/c1-19-12-30(19)59(55,56)47-36(53)40(17-26(40)32(42)43)46-33(50)28-16-22-18-49(28)35(52)31(39(2,3)4)45-38(54)58-29-14-20-13-25(20)23(29)8-6-5-7-11-48-34(51)24-10-9-21(41)15-27(24)44-37(48)57-22/h9-10,15,19-20,22-23,25-26,28-32H,5-8,11-14,16-18H2,1-4H3,(H,45,54)(H,46,50)(H,47,53)/t19?,20-,22+,23+,25?,26?,28-,29+,30?,31+,40+/m0/s1. The summed E-state index contributed by atoms with van der Waals surface area (Å²) >= 11 is 6.28. The molecule has 2 aromatic rings. The maximum atomic E-state index is 14.7. The molecule has 1 saturated heterocycles. The molecule has 15 nitrogen and oxygen atoms in total. The van der Waals surface area contributed by atoms with Crippen molar-refractivity contribution in [3.05, 3.63) is 33.6 Å². The van der Waals surface area contributed by atoms with Crippen molar-refractivity contribution in [1.82, 2.24) is 29.8 Å². The minimum atomic E-state index is -4.21. The minimum Gasteiger partial charge on any atom is -0.459 e. The Bertz CT molecular complexity index is 2240. The van der Waals surface area contributed by atoms with Crippen LogP contribution in [0.1, 0.15) is 85.5 Å². The predicted octanol–water partition coefficient (Wildman–Crippen LogP) is 4.13. The Morgan fingerprint density at radius 1 is 1.05 bits per heavy atom. The van der Waals surface area contributed by atoms with Crippen LogP contribution < -0.4 is 25.7 Å². The van der Waals surface area contributed by atoms with Crippen LogP contribution in [0.15, 0.2) is 23.0 Å². The number of alkyl carbamates (subject to hydrolysis) is 1. The molecule has 322 valence electrons. The molecule has 1 aromatic carbocycles. The number of rotatable bonds is 6. The molecule has 4 saturated carbocycles. The largest absolute Gasteiger partial charge is 0.459 e. The van der Waals surface area contributed by atoms with E-state index in [1.807, 2.05) is 4.72 Å². The molecule has 4 aliphatic carbocycles. The van der Waals surface area contributed by atoms with Crippen molar-refractivity contribution in [1.29, 1.82) is 0 Å². The van der Waals surface area contributed by atoms with Crippen LogP contribution in [0.2, 0.25) is 5.02 Å². The lowest BCUT2D eigenvalue weighted by Gasteiger charge is -2.36. The molecule has 59 heavy (non-hydrogen) atoms. The van der Waals surface area contributed by atoms with Gasteiger partial charge in [0, 0.05) is 18.0 Å². The van der Waals surface area contributed by atoms with Gasteiger partial charge >= 0.3 is 6.09 Å². The summed E-state index contributed by atoms with van der Waals surface area (Å²) in [5.41, 5.74) is -3.29. The van der Waals surface area contributed by atoms with E-state index in [0.717, 1.165) is 32.1 Å². The van der Waals surface area contributed by atoms with Crippen LogP contribution in [0.5, 0.6) is 6.01 Å². The van der Waals surface area contributed by atoms with E-state index in [1.165, 1.54) is 15.5 Å². The van der Waals surface area contributed by atoms with E-state index >= 15 is 0 Å². The molecule has 2 aliphatic heterocycles. The fraction of sp³-hybridized carbons (Fsp3) is 0.700. The second kappa shape index (κ2) is 15.1. The van der Waals surface area contributed by atoms with Crippen LogP contribution in [-0.4, -0.2) is 94.7 Å². The lowest BCUT2D eigenvalue weighted by molar-refractivity contribution is -0.143. The van der Waals surface area contributed by atoms with E-state index in [4.69, 9.17) is 21.1 Å². The van der Waals surface area contributed by atoms with Crippen molar-refractivity contribution in [2.45, 2.75) is 134 Å². The van der Waals surface area contributed by atoms with E-state index in [1.54, 1.807) is 39.8 Å². The van der Waals surface area contributed by atoms with Gasteiger partial charge in [0.2, 0.25) is 28.3 Å². The van der Waals surface area contributed by atoms with E-state index < -0.39 is 87.0 Å². The van der Waals surface area contributed by atoms with Gasteiger partial charge < -0.3 is 25.0 Å². The molecular weight excluding hydrogens is 814 g/mol. The summed E-state index contributed by atoms with van der Waals surface area (Å²) in [5, 5.41) is 4.99. The average molecular weight is 865 g/mol. The number of hydrogen-bond acceptors (Lipinski definition) is 10. The molecule has 6 aliphatic rings. The van der Waals surface area contributed by atoms with Crippen molar-refractivity contribution < 1.29 is 45.9 Å². The number of fused-ring (bicyclic) bond motifs is 7. The number of sulfonamides is 1. The number of carbonyl (C=O) groups excluding carboxylic acids is 4. The van der Waals surface area contributed by atoms with Crippen molar-refractivity contribution in [3.8, 4) is 6.01 Å². The fourth-order valence-corrected chi connectivity index (χ4v) is 11.6. The first kappa shape index (κ1) is 41.7. The monoisotopic (exact) mass is 864 g/mol. The Labute approximate surface area is 345 Å². The molecule has 11 atom stereocenters. The molecule has 4 amide bonds. The zero-order valence-corrected chi connectivity index (χ0v) is 35.0. The Balaban J connectivity index is 1.14. The zero-order chi connectivity index (χ0) is 42.3. The van der Waals surface area contributed by atoms with Gasteiger partial charge in [-0.3, -0.25) is 28.5 Å². The number of carbonyl (C=O) groups is 4. The van der Waals surface area contributed by atoms with Gasteiger partial charge in [0.25, 0.3) is 17.5 Å². The van der Waals surface area contributed by atoms with Crippen LogP contribution in [0.3, 0.4) is 0 Å². The third-order valence-electron chi connectivity index (χ3n) is 13.3. The highest BCUT2D eigenvalue weighted by Gasteiger charge is 2.67. The summed E-state index contributed by atoms with van der Waals surface area (Å²) < 4.78 is 70.1. The number of benzene rings is 1. The molecule has 3 N–H and O–H groups in total. The number of ether oxygens (including phenoxy) is 2. The zero-order valence-electron chi connectivity index (χ0n) is 33.4. The van der Waals surface area contributed by atoms with Gasteiger partial charge in [-0.15, -0.1) is 0 Å². The minimum absolute atomic E-state index is 0.0644. The molecule has 0 radical (unpaired) electrons. The van der Waals surface area contributed by atoms with Gasteiger partial charge in [-0.2, -0.15) is 4.98 Å². The maximum Gasteiger partial charge on any atom is 0.408 e. The Morgan fingerprint density at radius 2 is 1.80 bits per heavy atom. The summed E-state index contributed by atoms with van der Waals surface area (Å²) in [6.45, 7) is 6.86. The van der Waals surface area contributed by atoms with Crippen molar-refractivity contribution in [2.24, 2.45) is 35.0 Å². The molecule has 4 unspecified atom stereocenters. The fourth-order valence-electron chi connectivity index (χ4n) is 9.64. The molecule has 0 spiro atoms. The first-order chi connectivity index (χ1) is 27.8. The quantitative estimate of drug-likeness (QED) is 0.380. The Hall–Kier alpha value is -4.06. The third kappa shape index (κ3) is 8.11. The molecule has 1 aromatic heterocycles. The number of hydrogen-bond donors (Lipinski definition) is 3. The van der Waals surface area contributed by atoms with E-state index in [2.05, 4.69) is 15.6 Å². The highest BCUT2D eigenvalue weighted by Crippen LogP contribution is 2.58.